The van der Waals surface area contributed by atoms with Crippen LogP contribution in [0.5, 0.6) is 0 Å². The van der Waals surface area contributed by atoms with Crippen LogP contribution in [0.1, 0.15) is 24.3 Å². The van der Waals surface area contributed by atoms with E-state index in [1.165, 1.54) is 5.52 Å². The molecule has 0 radical (unpaired) electrons. The number of benzene rings is 2. The van der Waals surface area contributed by atoms with Gasteiger partial charge in [0, 0.05) is 47.3 Å². The maximum Gasteiger partial charge on any atom is 0.355 e. The number of aromatic nitrogens is 2. The van der Waals surface area contributed by atoms with Crippen LogP contribution in [0.2, 0.25) is 0 Å². The Hall–Kier alpha value is -3.54. The minimum atomic E-state index is -0.912. The maximum absolute atomic E-state index is 12.6. The number of para-hydroxylation sites is 1. The van der Waals surface area contributed by atoms with Gasteiger partial charge in [-0.15, -0.1) is 0 Å². The third-order valence-corrected chi connectivity index (χ3v) is 5.16. The van der Waals surface area contributed by atoms with E-state index in [1.807, 2.05) is 30.3 Å². The summed E-state index contributed by atoms with van der Waals surface area (Å²) >= 11 is 0. The molecule has 0 saturated heterocycles. The fourth-order valence-corrected chi connectivity index (χ4v) is 3.66. The van der Waals surface area contributed by atoms with Gasteiger partial charge in [0.05, 0.1) is 0 Å². The molecule has 0 spiro atoms. The SMILES string of the molecule is CCn1c2ccccc2c2cc(NC(=O)C(C)OC(=O)c3cccn3C)ccc21. The Labute approximate surface area is 168 Å². The number of nitrogens with zero attached hydrogens (tertiary/aromatic N) is 2. The monoisotopic (exact) mass is 389 g/mol. The summed E-state index contributed by atoms with van der Waals surface area (Å²) in [5.74, 6) is -0.896. The highest BCUT2D eigenvalue weighted by molar-refractivity contribution is 6.10. The first-order valence-electron chi connectivity index (χ1n) is 9.63. The van der Waals surface area contributed by atoms with Crippen LogP contribution in [0.4, 0.5) is 5.69 Å². The van der Waals surface area contributed by atoms with Gasteiger partial charge in [0.15, 0.2) is 6.10 Å². The molecule has 1 unspecified atom stereocenters. The first-order valence-corrected chi connectivity index (χ1v) is 9.63. The van der Waals surface area contributed by atoms with Crippen molar-refractivity contribution in [2.45, 2.75) is 26.5 Å². The zero-order valence-electron chi connectivity index (χ0n) is 16.7. The summed E-state index contributed by atoms with van der Waals surface area (Å²) in [7, 11) is 1.75. The lowest BCUT2D eigenvalue weighted by Gasteiger charge is -2.14. The standard InChI is InChI=1S/C23H23N3O3/c1-4-26-19-9-6-5-8-17(19)18-14-16(11-12-20(18)26)24-22(27)15(2)29-23(28)21-10-7-13-25(21)3/h5-15H,4H2,1-3H3,(H,24,27). The Morgan fingerprint density at radius 3 is 2.52 bits per heavy atom. The molecule has 1 amide bonds. The second-order valence-electron chi connectivity index (χ2n) is 7.03. The number of rotatable bonds is 5. The molecule has 2 aromatic carbocycles. The number of aryl methyl sites for hydroxylation is 2. The van der Waals surface area contributed by atoms with Gasteiger partial charge in [0.1, 0.15) is 5.69 Å². The van der Waals surface area contributed by atoms with E-state index < -0.39 is 12.1 Å². The third-order valence-electron chi connectivity index (χ3n) is 5.16. The largest absolute Gasteiger partial charge is 0.448 e. The van der Waals surface area contributed by atoms with Crippen LogP contribution in [0.3, 0.4) is 0 Å². The number of esters is 1. The fraction of sp³-hybridized carbons (Fsp3) is 0.217. The molecule has 1 atom stereocenters. The van der Waals surface area contributed by atoms with E-state index in [0.29, 0.717) is 11.4 Å². The van der Waals surface area contributed by atoms with Crippen LogP contribution in [-0.4, -0.2) is 27.1 Å². The highest BCUT2D eigenvalue weighted by atomic mass is 16.5. The van der Waals surface area contributed by atoms with Crippen LogP contribution in [-0.2, 0) is 23.1 Å². The summed E-state index contributed by atoms with van der Waals surface area (Å²) in [6.45, 7) is 4.55. The van der Waals surface area contributed by atoms with Crippen LogP contribution in [0.15, 0.2) is 60.8 Å². The summed E-state index contributed by atoms with van der Waals surface area (Å²) in [6, 6.07) is 17.5. The van der Waals surface area contributed by atoms with Gasteiger partial charge in [-0.05, 0) is 50.2 Å². The molecule has 4 rings (SSSR count). The van der Waals surface area contributed by atoms with Crippen molar-refractivity contribution in [3.05, 3.63) is 66.5 Å². The lowest BCUT2D eigenvalue weighted by Crippen LogP contribution is -2.30. The molecule has 0 bridgehead atoms. The number of nitrogens with one attached hydrogen (secondary N) is 1. The van der Waals surface area contributed by atoms with Gasteiger partial charge in [-0.2, -0.15) is 0 Å². The van der Waals surface area contributed by atoms with Crippen molar-refractivity contribution in [2.75, 3.05) is 5.32 Å². The summed E-state index contributed by atoms with van der Waals surface area (Å²) in [6.07, 6.45) is 0.841. The zero-order valence-corrected chi connectivity index (χ0v) is 16.7. The van der Waals surface area contributed by atoms with Gasteiger partial charge in [0.25, 0.3) is 5.91 Å². The van der Waals surface area contributed by atoms with E-state index in [2.05, 4.69) is 28.9 Å². The van der Waals surface area contributed by atoms with E-state index in [9.17, 15) is 9.59 Å². The van der Waals surface area contributed by atoms with Crippen molar-refractivity contribution in [2.24, 2.45) is 7.05 Å². The molecule has 2 aromatic heterocycles. The van der Waals surface area contributed by atoms with E-state index >= 15 is 0 Å². The molecule has 1 N–H and O–H groups in total. The van der Waals surface area contributed by atoms with Crippen molar-refractivity contribution in [1.29, 1.82) is 0 Å². The average Bonchev–Trinajstić information content (AvgIpc) is 3.28. The first-order chi connectivity index (χ1) is 14.0. The average molecular weight is 389 g/mol. The smallest absolute Gasteiger partial charge is 0.355 e. The van der Waals surface area contributed by atoms with Gasteiger partial charge >= 0.3 is 5.97 Å². The summed E-state index contributed by atoms with van der Waals surface area (Å²) in [4.78, 5) is 24.8. The molecular formula is C23H23N3O3. The van der Waals surface area contributed by atoms with E-state index in [4.69, 9.17) is 4.74 Å². The molecular weight excluding hydrogens is 366 g/mol. The van der Waals surface area contributed by atoms with E-state index in [1.54, 1.807) is 36.9 Å². The van der Waals surface area contributed by atoms with Gasteiger partial charge < -0.3 is 19.2 Å². The summed E-state index contributed by atoms with van der Waals surface area (Å²) in [5.41, 5.74) is 3.36. The number of anilines is 1. The van der Waals surface area contributed by atoms with Crippen molar-refractivity contribution < 1.29 is 14.3 Å². The van der Waals surface area contributed by atoms with Crippen molar-refractivity contribution in [1.82, 2.24) is 9.13 Å². The Balaban J connectivity index is 1.56. The van der Waals surface area contributed by atoms with E-state index in [-0.39, 0.29) is 5.91 Å². The summed E-state index contributed by atoms with van der Waals surface area (Å²) in [5, 5.41) is 5.08. The van der Waals surface area contributed by atoms with E-state index in [0.717, 1.165) is 22.8 Å². The van der Waals surface area contributed by atoms with Crippen molar-refractivity contribution in [3.8, 4) is 0 Å². The molecule has 0 aliphatic rings. The number of hydrogen-bond donors (Lipinski definition) is 1. The number of fused-ring (bicyclic) bond motifs is 3. The van der Waals surface area contributed by atoms with Crippen LogP contribution < -0.4 is 5.32 Å². The second kappa shape index (κ2) is 7.47. The number of carbonyl (C=O) groups excluding carboxylic acids is 2. The van der Waals surface area contributed by atoms with Crippen LogP contribution in [0, 0.1) is 0 Å². The molecule has 0 aliphatic heterocycles. The molecule has 148 valence electrons. The quantitative estimate of drug-likeness (QED) is 0.517. The zero-order chi connectivity index (χ0) is 20.5. The molecule has 29 heavy (non-hydrogen) atoms. The Morgan fingerprint density at radius 2 is 1.79 bits per heavy atom. The molecule has 2 heterocycles. The lowest BCUT2D eigenvalue weighted by molar-refractivity contribution is -0.123. The number of hydrogen-bond acceptors (Lipinski definition) is 3. The van der Waals surface area contributed by atoms with Gasteiger partial charge in [-0.1, -0.05) is 18.2 Å². The van der Waals surface area contributed by atoms with Crippen LogP contribution >= 0.6 is 0 Å². The summed E-state index contributed by atoms with van der Waals surface area (Å²) < 4.78 is 9.22. The molecule has 0 saturated carbocycles. The third kappa shape index (κ3) is 3.38. The molecule has 0 aliphatic carbocycles. The fourth-order valence-electron chi connectivity index (χ4n) is 3.66. The maximum atomic E-state index is 12.6. The second-order valence-corrected chi connectivity index (χ2v) is 7.03. The van der Waals surface area contributed by atoms with Gasteiger partial charge in [-0.3, -0.25) is 4.79 Å². The van der Waals surface area contributed by atoms with Gasteiger partial charge in [0.2, 0.25) is 0 Å². The normalized spacial score (nSPS) is 12.2. The van der Waals surface area contributed by atoms with Crippen LogP contribution in [0.25, 0.3) is 21.8 Å². The minimum absolute atomic E-state index is 0.369. The molecule has 4 aromatic rings. The minimum Gasteiger partial charge on any atom is -0.448 e. The topological polar surface area (TPSA) is 65.3 Å². The highest BCUT2D eigenvalue weighted by Crippen LogP contribution is 2.31. The molecule has 6 nitrogen and oxygen atoms in total. The number of ether oxygens (including phenoxy) is 1. The molecule has 0 fully saturated rings. The Morgan fingerprint density at radius 1 is 1.03 bits per heavy atom. The van der Waals surface area contributed by atoms with Crippen molar-refractivity contribution in [3.63, 3.8) is 0 Å². The highest BCUT2D eigenvalue weighted by Gasteiger charge is 2.21. The predicted molar refractivity (Wildman–Crippen MR) is 114 cm³/mol. The number of carbonyl (C=O) groups is 2. The predicted octanol–water partition coefficient (Wildman–Crippen LogP) is 4.34. The van der Waals surface area contributed by atoms with Gasteiger partial charge in [-0.25, -0.2) is 4.79 Å². The first kappa shape index (κ1) is 18.8. The number of amides is 1. The Kier molecular flexibility index (Phi) is 4.84. The Bertz CT molecular complexity index is 1220. The lowest BCUT2D eigenvalue weighted by atomic mass is 10.1. The van der Waals surface area contributed by atoms with Crippen molar-refractivity contribution >= 4 is 39.4 Å². The molecule has 6 heteroatoms.